The minimum absolute atomic E-state index is 0.0180. The third-order valence-corrected chi connectivity index (χ3v) is 11.8. The van der Waals surface area contributed by atoms with Crippen LogP contribution in [0.5, 0.6) is 17.2 Å². The molecule has 0 N–H and O–H groups in total. The third kappa shape index (κ3) is 8.97. The van der Waals surface area contributed by atoms with Gasteiger partial charge in [-0.2, -0.15) is 0 Å². The first-order valence-electron chi connectivity index (χ1n) is 21.6. The quantitative estimate of drug-likeness (QED) is 0.0961. The minimum Gasteiger partial charge on any atom is -0.497 e. The van der Waals surface area contributed by atoms with Crippen molar-refractivity contribution in [2.75, 3.05) is 31.1 Å². The molecule has 0 aliphatic heterocycles. The summed E-state index contributed by atoms with van der Waals surface area (Å²) in [5.41, 5.74) is 13.4. The van der Waals surface area contributed by atoms with Crippen molar-refractivity contribution in [3.63, 3.8) is 0 Å². The van der Waals surface area contributed by atoms with Crippen molar-refractivity contribution in [2.45, 2.75) is 11.8 Å². The number of hydrogen-bond acceptors (Lipinski definition) is 5. The van der Waals surface area contributed by atoms with E-state index in [1.165, 1.54) is 33.4 Å². The zero-order valence-corrected chi connectivity index (χ0v) is 36.3. The van der Waals surface area contributed by atoms with Crippen molar-refractivity contribution in [2.24, 2.45) is 0 Å². The van der Waals surface area contributed by atoms with Crippen molar-refractivity contribution in [1.29, 1.82) is 0 Å². The Morgan fingerprint density at radius 1 is 0.250 bits per heavy atom. The van der Waals surface area contributed by atoms with Crippen molar-refractivity contribution in [3.05, 3.63) is 270 Å². The van der Waals surface area contributed by atoms with Crippen molar-refractivity contribution >= 4 is 34.1 Å². The monoisotopic (exact) mass is 834 g/mol. The summed E-state index contributed by atoms with van der Waals surface area (Å²) < 4.78 is 17.0. The average molecular weight is 835 g/mol. The molecule has 0 saturated carbocycles. The predicted octanol–water partition coefficient (Wildman–Crippen LogP) is 15.0. The van der Waals surface area contributed by atoms with Gasteiger partial charge in [-0.25, -0.2) is 0 Å². The fourth-order valence-electron chi connectivity index (χ4n) is 8.69. The Bertz CT molecular complexity index is 2570. The smallest absolute Gasteiger partial charge is 0.120 e. The molecule has 0 aliphatic carbocycles. The van der Waals surface area contributed by atoms with Crippen molar-refractivity contribution in [1.82, 2.24) is 0 Å². The molecule has 0 aromatic heterocycles. The molecule has 64 heavy (non-hydrogen) atoms. The summed E-state index contributed by atoms with van der Waals surface area (Å²) in [7, 11) is 5.14. The van der Waals surface area contributed by atoms with E-state index in [1.807, 2.05) is 30.3 Å². The van der Waals surface area contributed by atoms with Crippen LogP contribution in [0, 0.1) is 0 Å². The fraction of sp³-hybridized carbons (Fsp3) is 0.0847. The lowest BCUT2D eigenvalue weighted by atomic mass is 9.85. The molecule has 0 bridgehead atoms. The lowest BCUT2D eigenvalue weighted by Gasteiger charge is -2.29. The van der Waals surface area contributed by atoms with Crippen LogP contribution in [0.2, 0.25) is 0 Å². The Balaban J connectivity index is 1.14. The van der Waals surface area contributed by atoms with Gasteiger partial charge in [-0.05, 0) is 130 Å². The van der Waals surface area contributed by atoms with Crippen LogP contribution < -0.4 is 24.0 Å². The Morgan fingerprint density at radius 3 is 0.938 bits per heavy atom. The maximum Gasteiger partial charge on any atom is 0.120 e. The third-order valence-electron chi connectivity index (χ3n) is 11.8. The van der Waals surface area contributed by atoms with Gasteiger partial charge in [0.05, 0.1) is 21.3 Å². The van der Waals surface area contributed by atoms with Gasteiger partial charge in [0.1, 0.15) is 17.2 Å². The van der Waals surface area contributed by atoms with Crippen LogP contribution in [0.3, 0.4) is 0 Å². The van der Waals surface area contributed by atoms with Crippen LogP contribution in [0.25, 0.3) is 0 Å². The van der Waals surface area contributed by atoms with Crippen molar-refractivity contribution < 1.29 is 14.2 Å². The summed E-state index contributed by atoms with van der Waals surface area (Å²) in [6.45, 7) is 0. The van der Waals surface area contributed by atoms with Crippen LogP contribution in [0.1, 0.15) is 45.2 Å². The number of methoxy groups -OCH3 is 3. The average Bonchev–Trinajstić information content (AvgIpc) is 3.37. The van der Waals surface area contributed by atoms with E-state index in [9.17, 15) is 0 Å². The van der Waals surface area contributed by atoms with E-state index in [2.05, 4.69) is 216 Å². The summed E-state index contributed by atoms with van der Waals surface area (Å²) >= 11 is 0. The van der Waals surface area contributed by atoms with E-state index in [0.717, 1.165) is 51.4 Å². The first-order valence-corrected chi connectivity index (χ1v) is 21.6. The van der Waals surface area contributed by atoms with E-state index in [1.54, 1.807) is 21.3 Å². The highest BCUT2D eigenvalue weighted by molar-refractivity contribution is 5.81. The van der Waals surface area contributed by atoms with Gasteiger partial charge < -0.3 is 24.0 Å². The number of para-hydroxylation sites is 1. The van der Waals surface area contributed by atoms with Crippen LogP contribution in [0.4, 0.5) is 34.1 Å². The number of anilines is 6. The Labute approximate surface area is 377 Å². The largest absolute Gasteiger partial charge is 0.497 e. The number of ether oxygens (including phenoxy) is 3. The van der Waals surface area contributed by atoms with Gasteiger partial charge in [0, 0.05) is 52.0 Å². The molecule has 9 aromatic carbocycles. The number of nitrogens with zero attached hydrogens (tertiary/aromatic N) is 2. The second-order valence-electron chi connectivity index (χ2n) is 15.6. The van der Waals surface area contributed by atoms with Crippen LogP contribution in [-0.2, 0) is 0 Å². The van der Waals surface area contributed by atoms with Gasteiger partial charge in [0.25, 0.3) is 0 Å². The molecule has 9 aromatic rings. The van der Waals surface area contributed by atoms with Crippen molar-refractivity contribution in [3.8, 4) is 17.2 Å². The minimum atomic E-state index is 0.0180. The fourth-order valence-corrected chi connectivity index (χ4v) is 8.69. The highest BCUT2D eigenvalue weighted by atomic mass is 16.5. The molecule has 0 fully saturated rings. The molecule has 0 spiro atoms. The molecule has 2 unspecified atom stereocenters. The van der Waals surface area contributed by atoms with Crippen LogP contribution in [0.15, 0.2) is 237 Å². The van der Waals surface area contributed by atoms with Gasteiger partial charge in [-0.3, -0.25) is 0 Å². The zero-order chi connectivity index (χ0) is 43.7. The molecule has 5 nitrogen and oxygen atoms in total. The SMILES string of the molecule is COc1cccc(C(c2ccccc2)c2ccc(N(c3ccc(C(c4ccccc4)c4cccc(OC)c4)cc3)c3ccc(N(c4ccccc4)c4cccc(OC)c4)cc3)cc2)c1. The van der Waals surface area contributed by atoms with E-state index in [4.69, 9.17) is 14.2 Å². The van der Waals surface area contributed by atoms with Gasteiger partial charge in [0.15, 0.2) is 0 Å². The molecule has 0 saturated heterocycles. The summed E-state index contributed by atoms with van der Waals surface area (Å²) in [5.74, 6) is 2.52. The molecule has 9 rings (SSSR count). The standard InChI is InChI=1S/C59H50N2O3/c1-62-55-25-13-20-47(40-55)58(43-16-7-4-8-17-43)45-28-32-50(33-29-45)60(51-34-30-46(31-35-51)59(44-18-9-5-10-19-44)48-21-14-26-56(41-48)63-2)52-36-38-53(39-37-52)61(49-22-11-6-12-23-49)54-24-15-27-57(42-54)64-3/h4-42,58-59H,1-3H3. The normalized spacial score (nSPS) is 11.9. The molecule has 314 valence electrons. The second kappa shape index (κ2) is 19.4. The summed E-state index contributed by atoms with van der Waals surface area (Å²) in [6, 6.07) is 83.6. The summed E-state index contributed by atoms with van der Waals surface area (Å²) in [5, 5.41) is 0. The number of hydrogen-bond donors (Lipinski definition) is 0. The van der Waals surface area contributed by atoms with E-state index >= 15 is 0 Å². The van der Waals surface area contributed by atoms with Gasteiger partial charge in [-0.15, -0.1) is 0 Å². The summed E-state index contributed by atoms with van der Waals surface area (Å²) in [4.78, 5) is 4.59. The molecule has 0 heterocycles. The first kappa shape index (κ1) is 41.3. The second-order valence-corrected chi connectivity index (χ2v) is 15.6. The Hall–Kier alpha value is -8.02. The molecular formula is C59H50N2O3. The predicted molar refractivity (Wildman–Crippen MR) is 263 cm³/mol. The summed E-state index contributed by atoms with van der Waals surface area (Å²) in [6.07, 6.45) is 0. The molecule has 2 atom stereocenters. The highest BCUT2D eigenvalue weighted by Crippen LogP contribution is 2.42. The maximum atomic E-state index is 5.67. The molecular weight excluding hydrogens is 785 g/mol. The highest BCUT2D eigenvalue weighted by Gasteiger charge is 2.22. The Morgan fingerprint density at radius 2 is 0.531 bits per heavy atom. The van der Waals surface area contributed by atoms with E-state index in [-0.39, 0.29) is 11.8 Å². The molecule has 0 amide bonds. The Kier molecular flexibility index (Phi) is 12.5. The molecule has 5 heteroatoms. The topological polar surface area (TPSA) is 34.2 Å². The molecule has 0 radical (unpaired) electrons. The van der Waals surface area contributed by atoms with E-state index in [0.29, 0.717) is 0 Å². The van der Waals surface area contributed by atoms with Gasteiger partial charge >= 0.3 is 0 Å². The van der Waals surface area contributed by atoms with E-state index < -0.39 is 0 Å². The number of rotatable bonds is 15. The van der Waals surface area contributed by atoms with Gasteiger partial charge in [-0.1, -0.05) is 133 Å². The lowest BCUT2D eigenvalue weighted by Crippen LogP contribution is -2.13. The first-order chi connectivity index (χ1) is 31.6. The number of benzene rings is 9. The zero-order valence-electron chi connectivity index (χ0n) is 36.3. The lowest BCUT2D eigenvalue weighted by molar-refractivity contribution is 0.414. The maximum absolute atomic E-state index is 5.67. The van der Waals surface area contributed by atoms with Crippen LogP contribution >= 0.6 is 0 Å². The van der Waals surface area contributed by atoms with Crippen LogP contribution in [-0.4, -0.2) is 21.3 Å². The van der Waals surface area contributed by atoms with Gasteiger partial charge in [0.2, 0.25) is 0 Å². The molecule has 0 aliphatic rings.